The fourth-order valence-electron chi connectivity index (χ4n) is 2.42. The second kappa shape index (κ2) is 6.12. The van der Waals surface area contributed by atoms with Crippen LogP contribution in [0, 0.1) is 5.82 Å². The predicted molar refractivity (Wildman–Crippen MR) is 68.6 cm³/mol. The minimum Gasteiger partial charge on any atom is -0.317 e. The molecule has 0 aliphatic carbocycles. The number of nitrogens with zero attached hydrogens (tertiary/aromatic N) is 1. The van der Waals surface area contributed by atoms with Gasteiger partial charge in [0.1, 0.15) is 5.82 Å². The largest absolute Gasteiger partial charge is 0.317 e. The summed E-state index contributed by atoms with van der Waals surface area (Å²) in [5, 5.41) is 3.33. The van der Waals surface area contributed by atoms with E-state index in [-0.39, 0.29) is 5.82 Å². The molecule has 0 saturated carbocycles. The molecule has 0 radical (unpaired) electrons. The first kappa shape index (κ1) is 12.5. The molecule has 94 valence electrons. The van der Waals surface area contributed by atoms with Crippen LogP contribution in [0.3, 0.4) is 0 Å². The molecule has 1 N–H and O–H groups in total. The molecule has 2 rings (SSSR count). The molecule has 0 spiro atoms. The zero-order valence-corrected chi connectivity index (χ0v) is 10.5. The highest BCUT2D eigenvalue weighted by Crippen LogP contribution is 2.11. The van der Waals surface area contributed by atoms with Gasteiger partial charge in [0.05, 0.1) is 0 Å². The minimum absolute atomic E-state index is 0.128. The molecule has 0 aromatic heterocycles. The number of nitrogens with one attached hydrogen (secondary N) is 1. The van der Waals surface area contributed by atoms with Crippen molar-refractivity contribution in [2.24, 2.45) is 0 Å². The van der Waals surface area contributed by atoms with Crippen molar-refractivity contribution in [1.29, 1.82) is 0 Å². The first-order valence-corrected chi connectivity index (χ1v) is 6.42. The first-order valence-electron chi connectivity index (χ1n) is 6.42. The van der Waals surface area contributed by atoms with Gasteiger partial charge in [0.15, 0.2) is 0 Å². The van der Waals surface area contributed by atoms with E-state index < -0.39 is 0 Å². The maximum Gasteiger partial charge on any atom is 0.123 e. The number of halogens is 1. The zero-order valence-electron chi connectivity index (χ0n) is 10.5. The Morgan fingerprint density at radius 3 is 2.76 bits per heavy atom. The van der Waals surface area contributed by atoms with Gasteiger partial charge < -0.3 is 10.2 Å². The number of benzene rings is 1. The van der Waals surface area contributed by atoms with Crippen LogP contribution in [-0.2, 0) is 6.42 Å². The van der Waals surface area contributed by atoms with Gasteiger partial charge in [-0.2, -0.15) is 0 Å². The van der Waals surface area contributed by atoms with Gasteiger partial charge >= 0.3 is 0 Å². The van der Waals surface area contributed by atoms with Crippen LogP contribution in [0.25, 0.3) is 0 Å². The summed E-state index contributed by atoms with van der Waals surface area (Å²) < 4.78 is 13.0. The number of piperidine rings is 1. The maximum absolute atomic E-state index is 13.0. The molecule has 1 aliphatic heterocycles. The number of likely N-dealkylation sites (tertiary alicyclic amines) is 1. The number of hydrogen-bond acceptors (Lipinski definition) is 2. The summed E-state index contributed by atoms with van der Waals surface area (Å²) >= 11 is 0. The molecule has 1 saturated heterocycles. The van der Waals surface area contributed by atoms with Gasteiger partial charge in [-0.25, -0.2) is 4.39 Å². The molecule has 1 aromatic rings. The lowest BCUT2D eigenvalue weighted by atomic mass is 10.0. The van der Waals surface area contributed by atoms with Crippen LogP contribution in [0.1, 0.15) is 18.4 Å². The van der Waals surface area contributed by atoms with Crippen LogP contribution in [0.5, 0.6) is 0 Å². The van der Waals surface area contributed by atoms with Gasteiger partial charge in [-0.05, 0) is 57.1 Å². The lowest BCUT2D eigenvalue weighted by molar-refractivity contribution is 0.204. The van der Waals surface area contributed by atoms with Crippen LogP contribution in [0.4, 0.5) is 4.39 Å². The van der Waals surface area contributed by atoms with Crippen LogP contribution >= 0.6 is 0 Å². The van der Waals surface area contributed by atoms with E-state index in [9.17, 15) is 4.39 Å². The van der Waals surface area contributed by atoms with Gasteiger partial charge in [0.25, 0.3) is 0 Å². The summed E-state index contributed by atoms with van der Waals surface area (Å²) in [6.07, 6.45) is 3.39. The van der Waals surface area contributed by atoms with E-state index in [1.54, 1.807) is 12.1 Å². The molecule has 3 heteroatoms. The van der Waals surface area contributed by atoms with E-state index in [2.05, 4.69) is 10.2 Å². The molecule has 1 aliphatic rings. The lowest BCUT2D eigenvalue weighted by Gasteiger charge is -2.31. The smallest absolute Gasteiger partial charge is 0.123 e. The number of hydrogen-bond donors (Lipinski definition) is 1. The van der Waals surface area contributed by atoms with Gasteiger partial charge in [0, 0.05) is 12.6 Å². The van der Waals surface area contributed by atoms with Crippen molar-refractivity contribution < 1.29 is 4.39 Å². The van der Waals surface area contributed by atoms with Crippen LogP contribution < -0.4 is 5.32 Å². The molecule has 0 bridgehead atoms. The lowest BCUT2D eigenvalue weighted by Crippen LogP contribution is -2.41. The van der Waals surface area contributed by atoms with E-state index in [4.69, 9.17) is 0 Å². The van der Waals surface area contributed by atoms with Gasteiger partial charge in [-0.1, -0.05) is 12.1 Å². The van der Waals surface area contributed by atoms with E-state index in [1.807, 2.05) is 13.1 Å². The third-order valence-corrected chi connectivity index (χ3v) is 3.60. The Labute approximate surface area is 103 Å². The zero-order chi connectivity index (χ0) is 12.1. The van der Waals surface area contributed by atoms with Gasteiger partial charge in [0.2, 0.25) is 0 Å². The molecule has 1 heterocycles. The first-order chi connectivity index (χ1) is 8.28. The highest BCUT2D eigenvalue weighted by Gasteiger charge is 2.16. The van der Waals surface area contributed by atoms with Crippen molar-refractivity contribution in [2.45, 2.75) is 25.3 Å². The quantitative estimate of drug-likeness (QED) is 0.860. The summed E-state index contributed by atoms with van der Waals surface area (Å²) in [7, 11) is 2.03. The van der Waals surface area contributed by atoms with Crippen LogP contribution in [-0.4, -0.2) is 37.6 Å². The van der Waals surface area contributed by atoms with Crippen molar-refractivity contribution in [3.63, 3.8) is 0 Å². The summed E-state index contributed by atoms with van der Waals surface area (Å²) in [6, 6.07) is 7.62. The SMILES string of the molecule is CNC1CCN(CCc2cccc(F)c2)CC1. The molecular weight excluding hydrogens is 215 g/mol. The normalized spacial score (nSPS) is 18.5. The number of rotatable bonds is 4. The molecule has 0 unspecified atom stereocenters. The fraction of sp³-hybridized carbons (Fsp3) is 0.571. The van der Waals surface area contributed by atoms with Crippen molar-refractivity contribution in [3.05, 3.63) is 35.6 Å². The third kappa shape index (κ3) is 3.79. The summed E-state index contributed by atoms with van der Waals surface area (Å²) in [5.41, 5.74) is 1.10. The summed E-state index contributed by atoms with van der Waals surface area (Å²) in [6.45, 7) is 3.35. The van der Waals surface area contributed by atoms with E-state index in [0.29, 0.717) is 6.04 Å². The van der Waals surface area contributed by atoms with Gasteiger partial charge in [-0.15, -0.1) is 0 Å². The Balaban J connectivity index is 1.76. The fourth-order valence-corrected chi connectivity index (χ4v) is 2.42. The Kier molecular flexibility index (Phi) is 4.51. The van der Waals surface area contributed by atoms with E-state index in [0.717, 1.165) is 31.6 Å². The Hall–Kier alpha value is -0.930. The predicted octanol–water partition coefficient (Wildman–Crippen LogP) is 2.05. The van der Waals surface area contributed by atoms with Crippen molar-refractivity contribution in [1.82, 2.24) is 10.2 Å². The minimum atomic E-state index is -0.128. The Morgan fingerprint density at radius 2 is 2.12 bits per heavy atom. The Bertz CT molecular complexity index is 346. The maximum atomic E-state index is 13.0. The molecule has 1 fully saturated rings. The van der Waals surface area contributed by atoms with Crippen molar-refractivity contribution in [2.75, 3.05) is 26.7 Å². The monoisotopic (exact) mass is 236 g/mol. The molecule has 0 atom stereocenters. The van der Waals surface area contributed by atoms with Crippen molar-refractivity contribution in [3.8, 4) is 0 Å². The average Bonchev–Trinajstić information content (AvgIpc) is 2.37. The summed E-state index contributed by atoms with van der Waals surface area (Å²) in [4.78, 5) is 2.47. The molecule has 17 heavy (non-hydrogen) atoms. The standard InChI is InChI=1S/C14H21FN2/c1-16-14-6-9-17(10-7-14)8-5-12-3-2-4-13(15)11-12/h2-4,11,14,16H,5-10H2,1H3. The highest BCUT2D eigenvalue weighted by molar-refractivity contribution is 5.16. The van der Waals surface area contributed by atoms with Gasteiger partial charge in [-0.3, -0.25) is 0 Å². The van der Waals surface area contributed by atoms with Crippen molar-refractivity contribution >= 4 is 0 Å². The van der Waals surface area contributed by atoms with E-state index in [1.165, 1.54) is 18.9 Å². The van der Waals surface area contributed by atoms with E-state index >= 15 is 0 Å². The molecular formula is C14H21FN2. The third-order valence-electron chi connectivity index (χ3n) is 3.60. The highest BCUT2D eigenvalue weighted by atomic mass is 19.1. The molecule has 0 amide bonds. The second-order valence-electron chi connectivity index (χ2n) is 4.78. The Morgan fingerprint density at radius 1 is 1.35 bits per heavy atom. The second-order valence-corrected chi connectivity index (χ2v) is 4.78. The molecule has 2 nitrogen and oxygen atoms in total. The molecule has 1 aromatic carbocycles. The van der Waals surface area contributed by atoms with Crippen LogP contribution in [0.15, 0.2) is 24.3 Å². The summed E-state index contributed by atoms with van der Waals surface area (Å²) in [5.74, 6) is -0.128. The average molecular weight is 236 g/mol. The van der Waals surface area contributed by atoms with Crippen LogP contribution in [0.2, 0.25) is 0 Å². The topological polar surface area (TPSA) is 15.3 Å².